The van der Waals surface area contributed by atoms with Gasteiger partial charge in [-0.3, -0.25) is 4.68 Å². The molecule has 0 spiro atoms. The van der Waals surface area contributed by atoms with Crippen molar-refractivity contribution in [3.05, 3.63) is 28.4 Å². The number of aromatic nitrogens is 2. The quantitative estimate of drug-likeness (QED) is 0.770. The van der Waals surface area contributed by atoms with Crippen LogP contribution in [0.15, 0.2) is 22.7 Å². The third-order valence-electron chi connectivity index (χ3n) is 3.35. The summed E-state index contributed by atoms with van der Waals surface area (Å²) < 4.78 is 3.17. The molecule has 1 aliphatic carbocycles. The molecule has 0 atom stereocenters. The summed E-state index contributed by atoms with van der Waals surface area (Å²) in [6.07, 6.45) is 3.95. The Morgan fingerprint density at radius 3 is 2.87 bits per heavy atom. The largest absolute Gasteiger partial charge is 0.268 e. The van der Waals surface area contributed by atoms with E-state index >= 15 is 0 Å². The van der Waals surface area contributed by atoms with Crippen molar-refractivity contribution < 1.29 is 0 Å². The molecule has 78 valence electrons. The van der Waals surface area contributed by atoms with E-state index in [1.165, 1.54) is 40.3 Å². The zero-order valence-electron chi connectivity index (χ0n) is 8.70. The van der Waals surface area contributed by atoms with E-state index in [9.17, 15) is 0 Å². The summed E-state index contributed by atoms with van der Waals surface area (Å²) in [5, 5.41) is 5.97. The normalized spacial score (nSPS) is 16.9. The zero-order valence-corrected chi connectivity index (χ0v) is 10.3. The Hall–Kier alpha value is -0.830. The third-order valence-corrected chi connectivity index (χ3v) is 4.01. The average molecular weight is 265 g/mol. The Balaban J connectivity index is 2.29. The lowest BCUT2D eigenvalue weighted by Gasteiger charge is -2.23. The lowest BCUT2D eigenvalue weighted by Crippen LogP contribution is -2.10. The van der Waals surface area contributed by atoms with Gasteiger partial charge in [0, 0.05) is 22.8 Å². The van der Waals surface area contributed by atoms with E-state index in [4.69, 9.17) is 0 Å². The third kappa shape index (κ3) is 1.33. The molecule has 0 unspecified atom stereocenters. The van der Waals surface area contributed by atoms with Crippen LogP contribution < -0.4 is 0 Å². The van der Waals surface area contributed by atoms with Crippen molar-refractivity contribution in [1.29, 1.82) is 0 Å². The van der Waals surface area contributed by atoms with Crippen molar-refractivity contribution in [3.63, 3.8) is 0 Å². The lowest BCUT2D eigenvalue weighted by atomic mass is 9.82. The van der Waals surface area contributed by atoms with Crippen molar-refractivity contribution in [1.82, 2.24) is 9.78 Å². The van der Waals surface area contributed by atoms with Crippen LogP contribution in [0.3, 0.4) is 0 Å². The maximum Gasteiger partial charge on any atom is 0.0745 e. The molecule has 3 rings (SSSR count). The van der Waals surface area contributed by atoms with E-state index in [0.717, 1.165) is 0 Å². The van der Waals surface area contributed by atoms with Gasteiger partial charge >= 0.3 is 0 Å². The highest BCUT2D eigenvalue weighted by atomic mass is 79.9. The van der Waals surface area contributed by atoms with Gasteiger partial charge in [0.2, 0.25) is 0 Å². The van der Waals surface area contributed by atoms with Gasteiger partial charge in [-0.25, -0.2) is 0 Å². The van der Waals surface area contributed by atoms with Gasteiger partial charge in [0.25, 0.3) is 0 Å². The van der Waals surface area contributed by atoms with Crippen LogP contribution in [-0.4, -0.2) is 9.78 Å². The van der Waals surface area contributed by atoms with Crippen molar-refractivity contribution in [3.8, 4) is 0 Å². The Morgan fingerprint density at radius 1 is 1.40 bits per heavy atom. The number of hydrogen-bond acceptors (Lipinski definition) is 1. The van der Waals surface area contributed by atoms with E-state index in [0.29, 0.717) is 5.92 Å². The molecule has 1 heterocycles. The minimum atomic E-state index is 0.687. The summed E-state index contributed by atoms with van der Waals surface area (Å²) in [5.74, 6) is 0.687. The Bertz CT molecular complexity index is 512. The molecule has 2 nitrogen and oxygen atoms in total. The van der Waals surface area contributed by atoms with Gasteiger partial charge in [-0.15, -0.1) is 0 Å². The van der Waals surface area contributed by atoms with E-state index in [1.54, 1.807) is 0 Å². The predicted octanol–water partition coefficient (Wildman–Crippen LogP) is 3.60. The number of nitrogens with zero attached hydrogens (tertiary/aromatic N) is 2. The standard InChI is InChI=1S/C12H13BrN2/c1-15-10-7-3-6-9(13)11(10)12(14-15)8-4-2-5-8/h3,6-8H,2,4-5H2,1H3. The van der Waals surface area contributed by atoms with E-state index < -0.39 is 0 Å². The van der Waals surface area contributed by atoms with Crippen LogP contribution in [0.5, 0.6) is 0 Å². The number of halogens is 1. The van der Waals surface area contributed by atoms with E-state index in [1.807, 2.05) is 11.7 Å². The van der Waals surface area contributed by atoms with Gasteiger partial charge in [-0.1, -0.05) is 28.4 Å². The van der Waals surface area contributed by atoms with Crippen LogP contribution in [-0.2, 0) is 7.05 Å². The number of hydrogen-bond donors (Lipinski definition) is 0. The second-order valence-corrected chi connectivity index (χ2v) is 5.12. The molecule has 0 aliphatic heterocycles. The molecular weight excluding hydrogens is 252 g/mol. The van der Waals surface area contributed by atoms with Gasteiger partial charge in [0.05, 0.1) is 11.2 Å². The van der Waals surface area contributed by atoms with Crippen LogP contribution in [0.25, 0.3) is 10.9 Å². The van der Waals surface area contributed by atoms with E-state index in [2.05, 4.69) is 39.2 Å². The van der Waals surface area contributed by atoms with E-state index in [-0.39, 0.29) is 0 Å². The lowest BCUT2D eigenvalue weighted by molar-refractivity contribution is 0.410. The second-order valence-electron chi connectivity index (χ2n) is 4.27. The highest BCUT2D eigenvalue weighted by Gasteiger charge is 2.25. The second kappa shape index (κ2) is 3.34. The highest BCUT2D eigenvalue weighted by Crippen LogP contribution is 2.40. The molecule has 1 fully saturated rings. The van der Waals surface area contributed by atoms with Crippen molar-refractivity contribution in [2.45, 2.75) is 25.2 Å². The smallest absolute Gasteiger partial charge is 0.0745 e. The Labute approximate surface area is 97.4 Å². The molecule has 1 aromatic heterocycles. The summed E-state index contributed by atoms with van der Waals surface area (Å²) in [5.41, 5.74) is 2.51. The van der Waals surface area contributed by atoms with Gasteiger partial charge in [0.15, 0.2) is 0 Å². The van der Waals surface area contributed by atoms with Crippen LogP contribution >= 0.6 is 15.9 Å². The summed E-state index contributed by atoms with van der Waals surface area (Å²) in [6.45, 7) is 0. The minimum Gasteiger partial charge on any atom is -0.268 e. The maximum absolute atomic E-state index is 4.66. The molecule has 1 saturated carbocycles. The van der Waals surface area contributed by atoms with Gasteiger partial charge in [0.1, 0.15) is 0 Å². The maximum atomic E-state index is 4.66. The monoisotopic (exact) mass is 264 g/mol. The highest BCUT2D eigenvalue weighted by molar-refractivity contribution is 9.10. The molecule has 1 aliphatic rings. The number of aryl methyl sites for hydroxylation is 1. The van der Waals surface area contributed by atoms with Crippen LogP contribution in [0.2, 0.25) is 0 Å². The number of fused-ring (bicyclic) bond motifs is 1. The molecule has 2 aromatic rings. The first-order valence-electron chi connectivity index (χ1n) is 5.38. The molecule has 0 amide bonds. The summed E-state index contributed by atoms with van der Waals surface area (Å²) in [6, 6.07) is 6.31. The summed E-state index contributed by atoms with van der Waals surface area (Å²) in [4.78, 5) is 0. The molecule has 0 N–H and O–H groups in total. The fourth-order valence-corrected chi connectivity index (χ4v) is 2.83. The molecule has 15 heavy (non-hydrogen) atoms. The molecule has 0 saturated heterocycles. The Kier molecular flexibility index (Phi) is 2.09. The summed E-state index contributed by atoms with van der Waals surface area (Å²) in [7, 11) is 2.02. The van der Waals surface area contributed by atoms with Gasteiger partial charge in [-0.2, -0.15) is 5.10 Å². The van der Waals surface area contributed by atoms with Crippen molar-refractivity contribution in [2.24, 2.45) is 7.05 Å². The molecular formula is C12H13BrN2. The zero-order chi connectivity index (χ0) is 10.4. The predicted molar refractivity (Wildman–Crippen MR) is 65.0 cm³/mol. The fraction of sp³-hybridized carbons (Fsp3) is 0.417. The topological polar surface area (TPSA) is 17.8 Å². The number of rotatable bonds is 1. The summed E-state index contributed by atoms with van der Waals surface area (Å²) >= 11 is 3.63. The first-order chi connectivity index (χ1) is 7.27. The van der Waals surface area contributed by atoms with Crippen molar-refractivity contribution in [2.75, 3.05) is 0 Å². The van der Waals surface area contributed by atoms with Gasteiger partial charge in [-0.05, 0) is 25.0 Å². The Morgan fingerprint density at radius 2 is 2.20 bits per heavy atom. The first kappa shape index (κ1) is 9.40. The van der Waals surface area contributed by atoms with Crippen LogP contribution in [0, 0.1) is 0 Å². The van der Waals surface area contributed by atoms with Crippen LogP contribution in [0.4, 0.5) is 0 Å². The molecule has 3 heteroatoms. The van der Waals surface area contributed by atoms with Crippen molar-refractivity contribution >= 4 is 26.8 Å². The van der Waals surface area contributed by atoms with Crippen LogP contribution in [0.1, 0.15) is 30.9 Å². The average Bonchev–Trinajstić information content (AvgIpc) is 2.43. The number of benzene rings is 1. The van der Waals surface area contributed by atoms with Gasteiger partial charge < -0.3 is 0 Å². The molecule has 0 bridgehead atoms. The molecule has 1 aromatic carbocycles. The fourth-order valence-electron chi connectivity index (χ4n) is 2.27. The SMILES string of the molecule is Cn1nc(C2CCC2)c2c(Br)cccc21. The molecule has 0 radical (unpaired) electrons. The first-order valence-corrected chi connectivity index (χ1v) is 6.18. The minimum absolute atomic E-state index is 0.687.